The first-order chi connectivity index (χ1) is 11.1. The Bertz CT molecular complexity index is 850. The lowest BCUT2D eigenvalue weighted by Crippen LogP contribution is -1.99. The third-order valence-electron chi connectivity index (χ3n) is 3.26. The summed E-state index contributed by atoms with van der Waals surface area (Å²) in [5.74, 6) is 1.56. The summed E-state index contributed by atoms with van der Waals surface area (Å²) in [7, 11) is 3.21. The van der Waals surface area contributed by atoms with Gasteiger partial charge in [0.15, 0.2) is 5.13 Å². The number of aromatic nitrogens is 3. The summed E-state index contributed by atoms with van der Waals surface area (Å²) in [6.45, 7) is 0. The van der Waals surface area contributed by atoms with Gasteiger partial charge in [0.05, 0.1) is 24.8 Å². The monoisotopic (exact) mass is 329 g/mol. The van der Waals surface area contributed by atoms with Gasteiger partial charge in [-0.05, 0) is 18.2 Å². The predicted octanol–water partition coefficient (Wildman–Crippen LogP) is 2.45. The normalized spacial score (nSPS) is 10.5. The van der Waals surface area contributed by atoms with Crippen molar-refractivity contribution in [2.45, 2.75) is 0 Å². The van der Waals surface area contributed by atoms with Gasteiger partial charge in [0, 0.05) is 23.5 Å². The fourth-order valence-corrected chi connectivity index (χ4v) is 2.89. The van der Waals surface area contributed by atoms with Crippen molar-refractivity contribution in [1.82, 2.24) is 15.0 Å². The van der Waals surface area contributed by atoms with Gasteiger partial charge in [-0.25, -0.2) is 15.0 Å². The predicted molar refractivity (Wildman–Crippen MR) is 90.5 cm³/mol. The summed E-state index contributed by atoms with van der Waals surface area (Å²) >= 11 is 1.33. The first-order valence-corrected chi connectivity index (χ1v) is 7.50. The Morgan fingerprint density at radius 3 is 2.48 bits per heavy atom. The van der Waals surface area contributed by atoms with Crippen LogP contribution in [0.15, 0.2) is 30.6 Å². The van der Waals surface area contributed by atoms with Crippen LogP contribution in [-0.4, -0.2) is 29.2 Å². The van der Waals surface area contributed by atoms with E-state index in [-0.39, 0.29) is 5.95 Å². The Morgan fingerprint density at radius 2 is 1.83 bits per heavy atom. The number of hydrogen-bond donors (Lipinski definition) is 2. The molecule has 23 heavy (non-hydrogen) atoms. The maximum atomic E-state index is 5.75. The van der Waals surface area contributed by atoms with E-state index in [4.69, 9.17) is 20.9 Å². The number of nitrogens with two attached hydrogens (primary N) is 2. The Balaban J connectivity index is 2.24. The minimum Gasteiger partial charge on any atom is -0.497 e. The number of rotatable bonds is 4. The van der Waals surface area contributed by atoms with Crippen molar-refractivity contribution in [3.8, 4) is 33.2 Å². The number of thiazole rings is 1. The quantitative estimate of drug-likeness (QED) is 0.756. The fourth-order valence-electron chi connectivity index (χ4n) is 2.20. The minimum atomic E-state index is 0.178. The molecule has 0 saturated heterocycles. The van der Waals surface area contributed by atoms with Crippen LogP contribution in [0.3, 0.4) is 0 Å². The Morgan fingerprint density at radius 1 is 1.00 bits per heavy atom. The molecule has 8 heteroatoms. The molecular formula is C15H15N5O2S. The van der Waals surface area contributed by atoms with Crippen LogP contribution in [0, 0.1) is 0 Å². The molecule has 0 amide bonds. The van der Waals surface area contributed by atoms with E-state index in [0.717, 1.165) is 16.0 Å². The van der Waals surface area contributed by atoms with Crippen LogP contribution in [-0.2, 0) is 0 Å². The highest BCUT2D eigenvalue weighted by Gasteiger charge is 2.17. The molecule has 0 aliphatic rings. The van der Waals surface area contributed by atoms with E-state index in [2.05, 4.69) is 15.0 Å². The Hall–Kier alpha value is -2.87. The topological polar surface area (TPSA) is 109 Å². The van der Waals surface area contributed by atoms with Crippen LogP contribution in [0.25, 0.3) is 21.7 Å². The highest BCUT2D eigenvalue weighted by Crippen LogP contribution is 2.39. The summed E-state index contributed by atoms with van der Waals surface area (Å²) in [4.78, 5) is 13.3. The van der Waals surface area contributed by atoms with E-state index >= 15 is 0 Å². The minimum absolute atomic E-state index is 0.178. The molecule has 0 aliphatic heterocycles. The first-order valence-electron chi connectivity index (χ1n) is 6.69. The fraction of sp³-hybridized carbons (Fsp3) is 0.133. The van der Waals surface area contributed by atoms with Crippen molar-refractivity contribution >= 4 is 22.4 Å². The summed E-state index contributed by atoms with van der Waals surface area (Å²) < 4.78 is 10.7. The highest BCUT2D eigenvalue weighted by molar-refractivity contribution is 7.18. The second-order valence-electron chi connectivity index (χ2n) is 4.62. The number of nitrogen functional groups attached to an aromatic ring is 2. The molecule has 2 heterocycles. The van der Waals surface area contributed by atoms with Crippen LogP contribution in [0.2, 0.25) is 0 Å². The van der Waals surface area contributed by atoms with Gasteiger partial charge < -0.3 is 20.9 Å². The van der Waals surface area contributed by atoms with Gasteiger partial charge in [0.1, 0.15) is 11.5 Å². The number of methoxy groups -OCH3 is 2. The molecule has 0 unspecified atom stereocenters. The summed E-state index contributed by atoms with van der Waals surface area (Å²) in [5.41, 5.74) is 13.7. The zero-order valence-corrected chi connectivity index (χ0v) is 13.4. The molecule has 118 valence electrons. The molecule has 0 aliphatic carbocycles. The average molecular weight is 329 g/mol. The van der Waals surface area contributed by atoms with Crippen LogP contribution in [0.5, 0.6) is 11.5 Å². The van der Waals surface area contributed by atoms with Crippen molar-refractivity contribution in [2.75, 3.05) is 25.7 Å². The van der Waals surface area contributed by atoms with E-state index in [1.54, 1.807) is 26.6 Å². The van der Waals surface area contributed by atoms with Gasteiger partial charge in [-0.15, -0.1) is 0 Å². The van der Waals surface area contributed by atoms with Crippen molar-refractivity contribution in [3.05, 3.63) is 30.6 Å². The van der Waals surface area contributed by atoms with E-state index in [9.17, 15) is 0 Å². The maximum Gasteiger partial charge on any atom is 0.220 e. The third kappa shape index (κ3) is 2.88. The lowest BCUT2D eigenvalue weighted by atomic mass is 10.0. The number of anilines is 2. The summed E-state index contributed by atoms with van der Waals surface area (Å²) in [6.07, 6.45) is 3.32. The zero-order chi connectivity index (χ0) is 16.4. The lowest BCUT2D eigenvalue weighted by Gasteiger charge is -2.13. The van der Waals surface area contributed by atoms with Crippen LogP contribution >= 0.6 is 11.3 Å². The van der Waals surface area contributed by atoms with E-state index in [0.29, 0.717) is 22.3 Å². The van der Waals surface area contributed by atoms with Gasteiger partial charge in [-0.3, -0.25) is 0 Å². The number of nitrogens with zero attached hydrogens (tertiary/aromatic N) is 3. The molecular weight excluding hydrogens is 314 g/mol. The van der Waals surface area contributed by atoms with Crippen LogP contribution < -0.4 is 20.9 Å². The van der Waals surface area contributed by atoms with Crippen molar-refractivity contribution < 1.29 is 9.47 Å². The second-order valence-corrected chi connectivity index (χ2v) is 5.68. The van der Waals surface area contributed by atoms with Gasteiger partial charge >= 0.3 is 0 Å². The van der Waals surface area contributed by atoms with Gasteiger partial charge in [0.2, 0.25) is 5.95 Å². The van der Waals surface area contributed by atoms with Crippen LogP contribution in [0.1, 0.15) is 0 Å². The second kappa shape index (κ2) is 6.09. The van der Waals surface area contributed by atoms with Gasteiger partial charge in [-0.2, -0.15) is 0 Å². The molecule has 7 nitrogen and oxygen atoms in total. The summed E-state index contributed by atoms with van der Waals surface area (Å²) in [6, 6.07) is 5.52. The van der Waals surface area contributed by atoms with Crippen molar-refractivity contribution in [3.63, 3.8) is 0 Å². The third-order valence-corrected chi connectivity index (χ3v) is 4.09. The molecule has 1 aromatic carbocycles. The zero-order valence-electron chi connectivity index (χ0n) is 12.6. The number of benzene rings is 1. The number of ether oxygens (including phenoxy) is 2. The molecule has 3 rings (SSSR count). The molecule has 0 radical (unpaired) electrons. The molecule has 2 aromatic heterocycles. The van der Waals surface area contributed by atoms with Crippen LogP contribution in [0.4, 0.5) is 11.1 Å². The standard InChI is InChI=1S/C15H15N5O2S/c1-21-8-3-4-11(22-2)9(5-8)10-6-18-14(16)20-13(10)12-7-19-15(17)23-12/h3-7H,1-2H3,(H2,17,19)(H2,16,18,20). The maximum absolute atomic E-state index is 5.75. The smallest absolute Gasteiger partial charge is 0.220 e. The molecule has 0 bridgehead atoms. The Labute approximate surface area is 136 Å². The van der Waals surface area contributed by atoms with E-state index in [1.807, 2.05) is 18.2 Å². The largest absolute Gasteiger partial charge is 0.497 e. The molecule has 0 atom stereocenters. The van der Waals surface area contributed by atoms with E-state index in [1.165, 1.54) is 11.3 Å². The molecule has 0 spiro atoms. The molecule has 0 fully saturated rings. The first kappa shape index (κ1) is 15.0. The SMILES string of the molecule is COc1ccc(OC)c(-c2cnc(N)nc2-c2cnc(N)s2)c1. The lowest BCUT2D eigenvalue weighted by molar-refractivity contribution is 0.404. The molecule has 0 saturated carbocycles. The van der Waals surface area contributed by atoms with Crippen molar-refractivity contribution in [1.29, 1.82) is 0 Å². The molecule has 4 N–H and O–H groups in total. The van der Waals surface area contributed by atoms with Gasteiger partial charge in [-0.1, -0.05) is 11.3 Å². The Kier molecular flexibility index (Phi) is 3.98. The van der Waals surface area contributed by atoms with E-state index < -0.39 is 0 Å². The number of hydrogen-bond acceptors (Lipinski definition) is 8. The highest BCUT2D eigenvalue weighted by atomic mass is 32.1. The van der Waals surface area contributed by atoms with Gasteiger partial charge in [0.25, 0.3) is 0 Å². The average Bonchev–Trinajstić information content (AvgIpc) is 3.00. The summed E-state index contributed by atoms with van der Waals surface area (Å²) in [5, 5.41) is 0.459. The van der Waals surface area contributed by atoms with Crippen molar-refractivity contribution in [2.24, 2.45) is 0 Å². The molecule has 3 aromatic rings.